The van der Waals surface area contributed by atoms with Crippen molar-refractivity contribution in [1.82, 2.24) is 19.9 Å². The molecule has 5 heteroatoms. The SMILES string of the molecule is Cn1ccnc1C(NC(=O)CCc1cccnc1)C1CC1. The van der Waals surface area contributed by atoms with Crippen LogP contribution in [0.15, 0.2) is 36.9 Å². The van der Waals surface area contributed by atoms with Gasteiger partial charge < -0.3 is 9.88 Å². The molecule has 1 aliphatic carbocycles. The van der Waals surface area contributed by atoms with E-state index in [0.717, 1.165) is 17.8 Å². The number of hydrogen-bond acceptors (Lipinski definition) is 3. The summed E-state index contributed by atoms with van der Waals surface area (Å²) in [5.74, 6) is 1.57. The van der Waals surface area contributed by atoms with Crippen LogP contribution in [0.4, 0.5) is 0 Å². The van der Waals surface area contributed by atoms with Crippen molar-refractivity contribution in [2.45, 2.75) is 31.7 Å². The maximum absolute atomic E-state index is 12.2. The number of nitrogens with zero attached hydrogens (tertiary/aromatic N) is 3. The monoisotopic (exact) mass is 284 g/mol. The third-order valence-electron chi connectivity index (χ3n) is 3.91. The van der Waals surface area contributed by atoms with E-state index in [1.165, 1.54) is 12.8 Å². The van der Waals surface area contributed by atoms with E-state index in [-0.39, 0.29) is 11.9 Å². The minimum atomic E-state index is 0.0476. The zero-order valence-corrected chi connectivity index (χ0v) is 12.2. The summed E-state index contributed by atoms with van der Waals surface area (Å²) in [5.41, 5.74) is 1.09. The molecule has 3 rings (SSSR count). The Bertz CT molecular complexity index is 604. The lowest BCUT2D eigenvalue weighted by atomic mass is 10.1. The Balaban J connectivity index is 1.59. The second-order valence-corrected chi connectivity index (χ2v) is 5.64. The number of hydrogen-bond donors (Lipinski definition) is 1. The second-order valence-electron chi connectivity index (χ2n) is 5.64. The molecule has 1 fully saturated rings. The highest BCUT2D eigenvalue weighted by Crippen LogP contribution is 2.40. The van der Waals surface area contributed by atoms with Crippen LogP contribution in [0.1, 0.15) is 36.7 Å². The first-order valence-electron chi connectivity index (χ1n) is 7.39. The molecule has 21 heavy (non-hydrogen) atoms. The highest BCUT2D eigenvalue weighted by atomic mass is 16.1. The zero-order chi connectivity index (χ0) is 14.7. The van der Waals surface area contributed by atoms with Gasteiger partial charge in [0.25, 0.3) is 0 Å². The maximum Gasteiger partial charge on any atom is 0.220 e. The lowest BCUT2D eigenvalue weighted by molar-refractivity contribution is -0.122. The summed E-state index contributed by atoms with van der Waals surface area (Å²) in [7, 11) is 1.97. The smallest absolute Gasteiger partial charge is 0.220 e. The van der Waals surface area contributed by atoms with Crippen molar-refractivity contribution in [3.8, 4) is 0 Å². The van der Waals surface area contributed by atoms with Crippen molar-refractivity contribution in [3.63, 3.8) is 0 Å². The van der Waals surface area contributed by atoms with Crippen LogP contribution in [0.25, 0.3) is 0 Å². The summed E-state index contributed by atoms with van der Waals surface area (Å²) < 4.78 is 1.99. The van der Waals surface area contributed by atoms with Crippen LogP contribution in [-0.4, -0.2) is 20.4 Å². The second kappa shape index (κ2) is 6.08. The number of amides is 1. The topological polar surface area (TPSA) is 59.8 Å². The molecule has 2 heterocycles. The summed E-state index contributed by atoms with van der Waals surface area (Å²) >= 11 is 0. The van der Waals surface area contributed by atoms with E-state index in [9.17, 15) is 4.79 Å². The fraction of sp³-hybridized carbons (Fsp3) is 0.438. The van der Waals surface area contributed by atoms with Crippen LogP contribution in [0.2, 0.25) is 0 Å². The van der Waals surface area contributed by atoms with Crippen LogP contribution in [0, 0.1) is 5.92 Å². The van der Waals surface area contributed by atoms with Crippen LogP contribution in [-0.2, 0) is 18.3 Å². The average molecular weight is 284 g/mol. The van der Waals surface area contributed by atoms with E-state index in [1.54, 1.807) is 12.4 Å². The van der Waals surface area contributed by atoms with Gasteiger partial charge in [0, 0.05) is 38.3 Å². The first-order chi connectivity index (χ1) is 10.2. The summed E-state index contributed by atoms with van der Waals surface area (Å²) in [6.07, 6.45) is 10.8. The van der Waals surface area contributed by atoms with E-state index in [0.29, 0.717) is 12.3 Å². The third-order valence-corrected chi connectivity index (χ3v) is 3.91. The van der Waals surface area contributed by atoms with Crippen molar-refractivity contribution in [2.24, 2.45) is 13.0 Å². The molecule has 1 amide bonds. The van der Waals surface area contributed by atoms with Crippen molar-refractivity contribution in [3.05, 3.63) is 48.3 Å². The number of aromatic nitrogens is 3. The number of rotatable bonds is 6. The molecule has 1 atom stereocenters. The highest BCUT2D eigenvalue weighted by Gasteiger charge is 2.35. The molecule has 0 spiro atoms. The van der Waals surface area contributed by atoms with Gasteiger partial charge >= 0.3 is 0 Å². The molecule has 0 bridgehead atoms. The molecular formula is C16H20N4O. The molecule has 2 aromatic rings. The molecule has 110 valence electrons. The van der Waals surface area contributed by atoms with Gasteiger partial charge in [0.1, 0.15) is 5.82 Å². The summed E-state index contributed by atoms with van der Waals surface area (Å²) in [5, 5.41) is 3.15. The van der Waals surface area contributed by atoms with E-state index >= 15 is 0 Å². The Morgan fingerprint density at radius 1 is 1.48 bits per heavy atom. The fourth-order valence-electron chi connectivity index (χ4n) is 2.55. The van der Waals surface area contributed by atoms with E-state index in [1.807, 2.05) is 36.1 Å². The molecule has 2 aromatic heterocycles. The van der Waals surface area contributed by atoms with E-state index in [4.69, 9.17) is 0 Å². The quantitative estimate of drug-likeness (QED) is 0.882. The van der Waals surface area contributed by atoms with Crippen molar-refractivity contribution >= 4 is 5.91 Å². The molecule has 1 aliphatic rings. The molecule has 1 unspecified atom stereocenters. The van der Waals surface area contributed by atoms with Crippen LogP contribution >= 0.6 is 0 Å². The minimum absolute atomic E-state index is 0.0476. The third kappa shape index (κ3) is 3.48. The predicted molar refractivity (Wildman–Crippen MR) is 79.4 cm³/mol. The average Bonchev–Trinajstić information content (AvgIpc) is 3.26. The largest absolute Gasteiger partial charge is 0.346 e. The van der Waals surface area contributed by atoms with Crippen LogP contribution in [0.3, 0.4) is 0 Å². The Morgan fingerprint density at radius 3 is 2.95 bits per heavy atom. The van der Waals surface area contributed by atoms with Gasteiger partial charge in [-0.1, -0.05) is 6.07 Å². The summed E-state index contributed by atoms with van der Waals surface area (Å²) in [4.78, 5) is 20.7. The Labute approximate surface area is 124 Å². The van der Waals surface area contributed by atoms with Gasteiger partial charge in [0.2, 0.25) is 5.91 Å². The van der Waals surface area contributed by atoms with Gasteiger partial charge in [0.05, 0.1) is 6.04 Å². The number of imidazole rings is 1. The molecule has 5 nitrogen and oxygen atoms in total. The number of aryl methyl sites for hydroxylation is 2. The molecule has 0 saturated heterocycles. The molecular weight excluding hydrogens is 264 g/mol. The van der Waals surface area contributed by atoms with E-state index < -0.39 is 0 Å². The number of carbonyl (C=O) groups is 1. The number of nitrogens with one attached hydrogen (secondary N) is 1. The molecule has 1 saturated carbocycles. The Morgan fingerprint density at radius 2 is 2.33 bits per heavy atom. The lowest BCUT2D eigenvalue weighted by Gasteiger charge is -2.18. The van der Waals surface area contributed by atoms with Gasteiger partial charge in [-0.25, -0.2) is 4.98 Å². The number of pyridine rings is 1. The summed E-state index contributed by atoms with van der Waals surface area (Å²) in [6.45, 7) is 0. The minimum Gasteiger partial charge on any atom is -0.346 e. The predicted octanol–water partition coefficient (Wildman–Crippen LogP) is 2.02. The van der Waals surface area contributed by atoms with Gasteiger partial charge in [0.15, 0.2) is 0 Å². The van der Waals surface area contributed by atoms with Gasteiger partial charge in [-0.3, -0.25) is 9.78 Å². The highest BCUT2D eigenvalue weighted by molar-refractivity contribution is 5.76. The first-order valence-corrected chi connectivity index (χ1v) is 7.39. The van der Waals surface area contributed by atoms with Gasteiger partial charge in [-0.05, 0) is 36.8 Å². The molecule has 0 aromatic carbocycles. The van der Waals surface area contributed by atoms with Crippen molar-refractivity contribution in [1.29, 1.82) is 0 Å². The first kappa shape index (κ1) is 13.8. The van der Waals surface area contributed by atoms with Crippen molar-refractivity contribution in [2.75, 3.05) is 0 Å². The van der Waals surface area contributed by atoms with Crippen LogP contribution < -0.4 is 5.32 Å². The van der Waals surface area contributed by atoms with Gasteiger partial charge in [-0.2, -0.15) is 0 Å². The maximum atomic E-state index is 12.2. The van der Waals surface area contributed by atoms with E-state index in [2.05, 4.69) is 15.3 Å². The van der Waals surface area contributed by atoms with Gasteiger partial charge in [-0.15, -0.1) is 0 Å². The standard InChI is InChI=1S/C16H20N4O/c1-20-10-9-18-16(20)15(13-5-6-13)19-14(21)7-4-12-3-2-8-17-11-12/h2-3,8-11,13,15H,4-7H2,1H3,(H,19,21). The fourth-order valence-corrected chi connectivity index (χ4v) is 2.55. The lowest BCUT2D eigenvalue weighted by Crippen LogP contribution is -2.31. The summed E-state index contributed by atoms with van der Waals surface area (Å²) in [6, 6.07) is 3.94. The van der Waals surface area contributed by atoms with Crippen LogP contribution in [0.5, 0.6) is 0 Å². The molecule has 0 aliphatic heterocycles. The molecule has 0 radical (unpaired) electrons. The Hall–Kier alpha value is -2.17. The Kier molecular flexibility index (Phi) is 3.99. The number of carbonyl (C=O) groups excluding carboxylic acids is 1. The normalized spacial score (nSPS) is 15.7. The van der Waals surface area contributed by atoms with Crippen molar-refractivity contribution < 1.29 is 4.79 Å². The zero-order valence-electron chi connectivity index (χ0n) is 12.2. The molecule has 1 N–H and O–H groups in total.